The minimum atomic E-state index is 0.130. The molecule has 0 unspecified atom stereocenters. The summed E-state index contributed by atoms with van der Waals surface area (Å²) in [5, 5.41) is 0.447. The molecule has 16 heavy (non-hydrogen) atoms. The number of nitrogens with zero attached hydrogens (tertiary/aromatic N) is 2. The Morgan fingerprint density at radius 3 is 2.62 bits per heavy atom. The highest BCUT2D eigenvalue weighted by Crippen LogP contribution is 2.24. The van der Waals surface area contributed by atoms with Crippen molar-refractivity contribution in [1.29, 1.82) is 0 Å². The van der Waals surface area contributed by atoms with E-state index in [9.17, 15) is 0 Å². The molecule has 2 aromatic rings. The molecule has 0 spiro atoms. The fourth-order valence-electron chi connectivity index (χ4n) is 1.32. The lowest BCUT2D eigenvalue weighted by molar-refractivity contribution is 0.415. The molecule has 1 heterocycles. The molecule has 0 N–H and O–H groups in total. The predicted octanol–water partition coefficient (Wildman–Crippen LogP) is 3.46. The lowest BCUT2D eigenvalue weighted by Gasteiger charge is -2.04. The van der Waals surface area contributed by atoms with Gasteiger partial charge in [0.25, 0.3) is 0 Å². The van der Waals surface area contributed by atoms with E-state index >= 15 is 0 Å². The number of ether oxygens (including phenoxy) is 1. The molecule has 5 heteroatoms. The van der Waals surface area contributed by atoms with E-state index in [4.69, 9.17) is 27.9 Å². The highest BCUT2D eigenvalue weighted by atomic mass is 35.5. The molecular formula is C11H8Cl2N2O. The Balaban J connectivity index is 2.49. The molecule has 0 radical (unpaired) electrons. The molecule has 1 aromatic carbocycles. The van der Waals surface area contributed by atoms with Gasteiger partial charge in [-0.15, -0.1) is 0 Å². The van der Waals surface area contributed by atoms with Gasteiger partial charge in [-0.2, -0.15) is 0 Å². The fourth-order valence-corrected chi connectivity index (χ4v) is 1.73. The average molecular weight is 255 g/mol. The third-order valence-electron chi connectivity index (χ3n) is 2.03. The van der Waals surface area contributed by atoms with Crippen LogP contribution in [0, 0.1) is 0 Å². The van der Waals surface area contributed by atoms with Crippen LogP contribution in [0.3, 0.4) is 0 Å². The number of benzene rings is 1. The summed E-state index contributed by atoms with van der Waals surface area (Å²) in [6, 6.07) is 9.14. The number of halogens is 2. The molecule has 0 atom stereocenters. The summed E-state index contributed by atoms with van der Waals surface area (Å²) < 4.78 is 5.13. The summed E-state index contributed by atoms with van der Waals surface area (Å²) in [5.74, 6) is 0.753. The number of methoxy groups -OCH3 is 1. The summed E-state index contributed by atoms with van der Waals surface area (Å²) in [6.45, 7) is 0. The van der Waals surface area contributed by atoms with E-state index in [0.29, 0.717) is 10.8 Å². The van der Waals surface area contributed by atoms with Crippen molar-refractivity contribution >= 4 is 23.2 Å². The second kappa shape index (κ2) is 4.68. The van der Waals surface area contributed by atoms with Gasteiger partial charge in [-0.25, -0.2) is 9.97 Å². The maximum Gasteiger partial charge on any atom is 0.224 e. The molecule has 0 fully saturated rings. The minimum Gasteiger partial charge on any atom is -0.497 e. The van der Waals surface area contributed by atoms with Gasteiger partial charge in [-0.1, -0.05) is 23.7 Å². The molecule has 1 aromatic heterocycles. The Morgan fingerprint density at radius 1 is 1.12 bits per heavy atom. The highest BCUT2D eigenvalue weighted by molar-refractivity contribution is 6.32. The molecule has 0 aliphatic heterocycles. The van der Waals surface area contributed by atoms with Gasteiger partial charge < -0.3 is 4.74 Å². The third kappa shape index (κ3) is 2.43. The van der Waals surface area contributed by atoms with Crippen molar-refractivity contribution in [3.63, 3.8) is 0 Å². The second-order valence-corrected chi connectivity index (χ2v) is 3.80. The zero-order valence-electron chi connectivity index (χ0n) is 8.45. The Morgan fingerprint density at radius 2 is 1.94 bits per heavy atom. The second-order valence-electron chi connectivity index (χ2n) is 3.08. The summed E-state index contributed by atoms with van der Waals surface area (Å²) in [5.41, 5.74) is 1.55. The summed E-state index contributed by atoms with van der Waals surface area (Å²) in [6.07, 6.45) is 0. The quantitative estimate of drug-likeness (QED) is 0.608. The van der Waals surface area contributed by atoms with E-state index < -0.39 is 0 Å². The minimum absolute atomic E-state index is 0.130. The van der Waals surface area contributed by atoms with Gasteiger partial charge in [0.2, 0.25) is 5.28 Å². The largest absolute Gasteiger partial charge is 0.497 e. The first-order valence-corrected chi connectivity index (χ1v) is 5.29. The molecule has 0 aliphatic carbocycles. The standard InChI is InChI=1S/C11H8Cl2N2O/c1-16-8-4-2-3-7(5-8)9-6-10(12)15-11(13)14-9/h2-6H,1H3. The third-order valence-corrected chi connectivity index (χ3v) is 2.40. The van der Waals surface area contributed by atoms with Gasteiger partial charge >= 0.3 is 0 Å². The van der Waals surface area contributed by atoms with E-state index in [1.807, 2.05) is 24.3 Å². The van der Waals surface area contributed by atoms with Gasteiger partial charge in [-0.05, 0) is 23.7 Å². The lowest BCUT2D eigenvalue weighted by Crippen LogP contribution is -1.89. The monoisotopic (exact) mass is 254 g/mol. The van der Waals surface area contributed by atoms with Crippen LogP contribution in [-0.2, 0) is 0 Å². The molecule has 2 rings (SSSR count). The molecule has 0 aliphatic rings. The van der Waals surface area contributed by atoms with Crippen LogP contribution >= 0.6 is 23.2 Å². The van der Waals surface area contributed by atoms with Crippen molar-refractivity contribution in [2.75, 3.05) is 7.11 Å². The molecule has 0 saturated carbocycles. The van der Waals surface area contributed by atoms with Crippen LogP contribution in [0.1, 0.15) is 0 Å². The molecule has 0 saturated heterocycles. The van der Waals surface area contributed by atoms with Crippen LogP contribution in [0.4, 0.5) is 0 Å². The highest BCUT2D eigenvalue weighted by Gasteiger charge is 2.04. The van der Waals surface area contributed by atoms with Gasteiger partial charge in [0.15, 0.2) is 0 Å². The lowest BCUT2D eigenvalue weighted by atomic mass is 10.1. The van der Waals surface area contributed by atoms with Crippen LogP contribution < -0.4 is 4.74 Å². The zero-order valence-corrected chi connectivity index (χ0v) is 9.96. The number of hydrogen-bond acceptors (Lipinski definition) is 3. The van der Waals surface area contributed by atoms with Gasteiger partial charge in [0.1, 0.15) is 10.9 Å². The van der Waals surface area contributed by atoms with E-state index in [0.717, 1.165) is 11.3 Å². The smallest absolute Gasteiger partial charge is 0.224 e. The first-order chi connectivity index (χ1) is 7.69. The molecule has 3 nitrogen and oxygen atoms in total. The first kappa shape index (κ1) is 11.2. The van der Waals surface area contributed by atoms with Crippen molar-refractivity contribution in [1.82, 2.24) is 9.97 Å². The van der Waals surface area contributed by atoms with E-state index in [1.165, 1.54) is 0 Å². The summed E-state index contributed by atoms with van der Waals surface area (Å²) >= 11 is 11.5. The Hall–Kier alpha value is -1.32. The topological polar surface area (TPSA) is 35.0 Å². The van der Waals surface area contributed by atoms with Crippen molar-refractivity contribution in [3.8, 4) is 17.0 Å². The molecule has 0 amide bonds. The van der Waals surface area contributed by atoms with Gasteiger partial charge in [0, 0.05) is 11.6 Å². The normalized spacial score (nSPS) is 10.2. The molecular weight excluding hydrogens is 247 g/mol. The number of rotatable bonds is 2. The maximum absolute atomic E-state index is 5.81. The fraction of sp³-hybridized carbons (Fsp3) is 0.0909. The maximum atomic E-state index is 5.81. The van der Waals surface area contributed by atoms with Crippen LogP contribution in [0.5, 0.6) is 5.75 Å². The van der Waals surface area contributed by atoms with Crippen molar-refractivity contribution in [3.05, 3.63) is 40.8 Å². The van der Waals surface area contributed by atoms with Crippen LogP contribution in [-0.4, -0.2) is 17.1 Å². The van der Waals surface area contributed by atoms with E-state index in [-0.39, 0.29) is 5.28 Å². The first-order valence-electron chi connectivity index (χ1n) is 4.53. The van der Waals surface area contributed by atoms with Crippen LogP contribution in [0.2, 0.25) is 10.4 Å². The van der Waals surface area contributed by atoms with Crippen molar-refractivity contribution in [2.24, 2.45) is 0 Å². The Bertz CT molecular complexity index is 497. The van der Waals surface area contributed by atoms with Gasteiger partial charge in [-0.3, -0.25) is 0 Å². The van der Waals surface area contributed by atoms with E-state index in [2.05, 4.69) is 9.97 Å². The van der Waals surface area contributed by atoms with Crippen LogP contribution in [0.25, 0.3) is 11.3 Å². The number of aromatic nitrogens is 2. The average Bonchev–Trinajstić information content (AvgIpc) is 2.28. The molecule has 0 bridgehead atoms. The van der Waals surface area contributed by atoms with E-state index in [1.54, 1.807) is 13.2 Å². The van der Waals surface area contributed by atoms with Crippen LogP contribution in [0.15, 0.2) is 30.3 Å². The summed E-state index contributed by atoms with van der Waals surface area (Å²) in [7, 11) is 1.61. The zero-order chi connectivity index (χ0) is 11.5. The Labute approximate surface area is 103 Å². The summed E-state index contributed by atoms with van der Waals surface area (Å²) in [4.78, 5) is 7.88. The van der Waals surface area contributed by atoms with Crippen molar-refractivity contribution in [2.45, 2.75) is 0 Å². The Kier molecular flexibility index (Phi) is 3.27. The molecule has 82 valence electrons. The number of hydrogen-bond donors (Lipinski definition) is 0. The SMILES string of the molecule is COc1cccc(-c2cc(Cl)nc(Cl)n2)c1. The van der Waals surface area contributed by atoms with Gasteiger partial charge in [0.05, 0.1) is 12.8 Å². The van der Waals surface area contributed by atoms with Crippen molar-refractivity contribution < 1.29 is 4.74 Å². The predicted molar refractivity (Wildman–Crippen MR) is 64.0 cm³/mol.